The van der Waals surface area contributed by atoms with Crippen LogP contribution in [-0.4, -0.2) is 16.6 Å². The maximum absolute atomic E-state index is 11.9. The van der Waals surface area contributed by atoms with Crippen LogP contribution in [-0.2, 0) is 11.3 Å². The van der Waals surface area contributed by atoms with Crippen LogP contribution in [0, 0.1) is 10.1 Å². The topological polar surface area (TPSA) is 94.9 Å². The fraction of sp³-hybridized carbons (Fsp3) is 0.200. The Morgan fingerprint density at radius 2 is 2.00 bits per heavy atom. The maximum atomic E-state index is 11.9. The lowest BCUT2D eigenvalue weighted by Crippen LogP contribution is -2.11. The van der Waals surface area contributed by atoms with Gasteiger partial charge in [-0.2, -0.15) is 0 Å². The number of nitro groups is 1. The number of aryl methyl sites for hydroxylation is 1. The number of carbonyl (C=O) groups is 1. The molecule has 1 aromatic heterocycles. The first kappa shape index (κ1) is 14.0. The summed E-state index contributed by atoms with van der Waals surface area (Å²) >= 11 is 0. The fourth-order valence-electron chi connectivity index (χ4n) is 2.31. The summed E-state index contributed by atoms with van der Waals surface area (Å²) in [6, 6.07) is 6.97. The number of benzene rings is 1. The predicted octanol–water partition coefficient (Wildman–Crippen LogP) is 3.09. The fourth-order valence-corrected chi connectivity index (χ4v) is 2.31. The van der Waals surface area contributed by atoms with Crippen molar-refractivity contribution >= 4 is 17.4 Å². The van der Waals surface area contributed by atoms with Crippen LogP contribution in [0.15, 0.2) is 46.2 Å². The van der Waals surface area contributed by atoms with Gasteiger partial charge in [0.2, 0.25) is 0 Å². The normalized spacial score (nSPS) is 15.4. The van der Waals surface area contributed by atoms with Gasteiger partial charge in [0.25, 0.3) is 5.69 Å². The van der Waals surface area contributed by atoms with Crippen LogP contribution in [0.2, 0.25) is 0 Å². The van der Waals surface area contributed by atoms with Crippen LogP contribution in [0.4, 0.5) is 5.69 Å². The predicted molar refractivity (Wildman–Crippen MR) is 76.7 cm³/mol. The van der Waals surface area contributed by atoms with Gasteiger partial charge in [0, 0.05) is 24.1 Å². The summed E-state index contributed by atoms with van der Waals surface area (Å²) in [6.45, 7) is 0. The summed E-state index contributed by atoms with van der Waals surface area (Å²) in [4.78, 5) is 26.9. The standard InChI is InChI=1S/C15H12N2O5/c18-15(10-4-6-11(7-5-10)17(19)20)22-16-13-2-1-3-14-12(13)8-9-21-14/h4-9H,1-3H2. The third kappa shape index (κ3) is 2.73. The number of oxime groups is 1. The molecule has 0 bridgehead atoms. The molecular weight excluding hydrogens is 288 g/mol. The Labute approximate surface area is 125 Å². The van der Waals surface area contributed by atoms with E-state index in [9.17, 15) is 14.9 Å². The van der Waals surface area contributed by atoms with Crippen LogP contribution >= 0.6 is 0 Å². The minimum Gasteiger partial charge on any atom is -0.469 e. The number of hydrogen-bond acceptors (Lipinski definition) is 6. The molecular formula is C15H12N2O5. The van der Waals surface area contributed by atoms with E-state index in [1.54, 1.807) is 12.3 Å². The van der Waals surface area contributed by atoms with Crippen molar-refractivity contribution in [3.8, 4) is 0 Å². The molecule has 0 saturated carbocycles. The third-order valence-electron chi connectivity index (χ3n) is 3.43. The Morgan fingerprint density at radius 3 is 2.73 bits per heavy atom. The molecule has 0 saturated heterocycles. The third-order valence-corrected chi connectivity index (χ3v) is 3.43. The average Bonchev–Trinajstić information content (AvgIpc) is 3.01. The maximum Gasteiger partial charge on any atom is 0.365 e. The molecule has 0 unspecified atom stereocenters. The van der Waals surface area contributed by atoms with Crippen LogP contribution in [0.25, 0.3) is 0 Å². The molecule has 0 atom stereocenters. The summed E-state index contributed by atoms with van der Waals surface area (Å²) in [5, 5.41) is 14.5. The molecule has 0 fully saturated rings. The van der Waals surface area contributed by atoms with E-state index in [4.69, 9.17) is 9.25 Å². The first-order valence-electron chi connectivity index (χ1n) is 6.74. The van der Waals surface area contributed by atoms with Crippen molar-refractivity contribution in [3.05, 3.63) is 63.6 Å². The van der Waals surface area contributed by atoms with Gasteiger partial charge in [0.05, 0.1) is 22.5 Å². The highest BCUT2D eigenvalue weighted by Gasteiger charge is 2.19. The summed E-state index contributed by atoms with van der Waals surface area (Å²) in [6.07, 6.45) is 4.02. The molecule has 0 aliphatic heterocycles. The van der Waals surface area contributed by atoms with Crippen molar-refractivity contribution in [3.63, 3.8) is 0 Å². The summed E-state index contributed by atoms with van der Waals surface area (Å²) < 4.78 is 5.33. The van der Waals surface area contributed by atoms with E-state index >= 15 is 0 Å². The number of rotatable bonds is 3. The van der Waals surface area contributed by atoms with Gasteiger partial charge < -0.3 is 9.25 Å². The van der Waals surface area contributed by atoms with Gasteiger partial charge >= 0.3 is 5.97 Å². The summed E-state index contributed by atoms with van der Waals surface area (Å²) in [7, 11) is 0. The number of non-ortho nitro benzene ring substituents is 1. The molecule has 22 heavy (non-hydrogen) atoms. The molecule has 1 heterocycles. The van der Waals surface area contributed by atoms with E-state index < -0.39 is 10.9 Å². The molecule has 0 spiro atoms. The Morgan fingerprint density at radius 1 is 1.23 bits per heavy atom. The minimum absolute atomic E-state index is 0.0850. The largest absolute Gasteiger partial charge is 0.469 e. The Kier molecular flexibility index (Phi) is 3.69. The SMILES string of the molecule is O=C(ON=C1CCCc2occc21)c1ccc([N+](=O)[O-])cc1. The zero-order valence-corrected chi connectivity index (χ0v) is 11.5. The monoisotopic (exact) mass is 300 g/mol. The number of nitrogens with zero attached hydrogens (tertiary/aromatic N) is 2. The van der Waals surface area contributed by atoms with Crippen molar-refractivity contribution in [2.24, 2.45) is 5.16 Å². The molecule has 3 rings (SSSR count). The van der Waals surface area contributed by atoms with Crippen LogP contribution in [0.3, 0.4) is 0 Å². The molecule has 1 aliphatic carbocycles. The highest BCUT2D eigenvalue weighted by molar-refractivity contribution is 6.02. The van der Waals surface area contributed by atoms with Crippen LogP contribution in [0.5, 0.6) is 0 Å². The molecule has 2 aromatic rings. The number of hydrogen-bond donors (Lipinski definition) is 0. The van der Waals surface area contributed by atoms with E-state index in [2.05, 4.69) is 5.16 Å². The van der Waals surface area contributed by atoms with Gasteiger partial charge in [0.1, 0.15) is 5.76 Å². The summed E-state index contributed by atoms with van der Waals surface area (Å²) in [5.41, 5.74) is 1.66. The van der Waals surface area contributed by atoms with Gasteiger partial charge in [-0.05, 0) is 31.0 Å². The Bertz CT molecular complexity index is 746. The quantitative estimate of drug-likeness (QED) is 0.493. The highest BCUT2D eigenvalue weighted by atomic mass is 16.7. The lowest BCUT2D eigenvalue weighted by molar-refractivity contribution is -0.384. The van der Waals surface area contributed by atoms with E-state index in [1.807, 2.05) is 0 Å². The molecule has 0 radical (unpaired) electrons. The van der Waals surface area contributed by atoms with E-state index in [0.717, 1.165) is 24.2 Å². The zero-order chi connectivity index (χ0) is 15.5. The number of furan rings is 1. The smallest absolute Gasteiger partial charge is 0.365 e. The van der Waals surface area contributed by atoms with Gasteiger partial charge in [-0.3, -0.25) is 10.1 Å². The molecule has 0 amide bonds. The van der Waals surface area contributed by atoms with Crippen LogP contribution < -0.4 is 0 Å². The number of nitro benzene ring substituents is 1. The molecule has 7 nitrogen and oxygen atoms in total. The van der Waals surface area contributed by atoms with Gasteiger partial charge in [-0.25, -0.2) is 4.79 Å². The molecule has 7 heteroatoms. The molecule has 112 valence electrons. The van der Waals surface area contributed by atoms with Gasteiger partial charge in [-0.1, -0.05) is 5.16 Å². The van der Waals surface area contributed by atoms with E-state index in [-0.39, 0.29) is 11.3 Å². The second kappa shape index (κ2) is 5.80. The van der Waals surface area contributed by atoms with Crippen molar-refractivity contribution in [1.82, 2.24) is 0 Å². The minimum atomic E-state index is -0.655. The second-order valence-electron chi connectivity index (χ2n) is 4.83. The average molecular weight is 300 g/mol. The molecule has 1 aliphatic rings. The first-order chi connectivity index (χ1) is 10.6. The van der Waals surface area contributed by atoms with Crippen LogP contribution in [0.1, 0.15) is 34.5 Å². The van der Waals surface area contributed by atoms with Crippen molar-refractivity contribution in [1.29, 1.82) is 0 Å². The van der Waals surface area contributed by atoms with E-state index in [0.29, 0.717) is 12.1 Å². The lowest BCUT2D eigenvalue weighted by atomic mass is 9.97. The van der Waals surface area contributed by atoms with Crippen molar-refractivity contribution < 1.29 is 19.0 Å². The molecule has 0 N–H and O–H groups in total. The lowest BCUT2D eigenvalue weighted by Gasteiger charge is -2.11. The Hall–Kier alpha value is -2.96. The van der Waals surface area contributed by atoms with E-state index in [1.165, 1.54) is 24.3 Å². The van der Waals surface area contributed by atoms with Gasteiger partial charge in [-0.15, -0.1) is 0 Å². The summed E-state index contributed by atoms with van der Waals surface area (Å²) in [5.74, 6) is 0.189. The number of carbonyl (C=O) groups excluding carboxylic acids is 1. The van der Waals surface area contributed by atoms with Crippen molar-refractivity contribution in [2.75, 3.05) is 0 Å². The highest BCUT2D eigenvalue weighted by Crippen LogP contribution is 2.23. The van der Waals surface area contributed by atoms with Crippen molar-refractivity contribution in [2.45, 2.75) is 19.3 Å². The molecule has 1 aromatic carbocycles. The zero-order valence-electron chi connectivity index (χ0n) is 11.5. The Balaban J connectivity index is 1.73. The first-order valence-corrected chi connectivity index (χ1v) is 6.74. The second-order valence-corrected chi connectivity index (χ2v) is 4.83. The number of fused-ring (bicyclic) bond motifs is 1. The van der Waals surface area contributed by atoms with Gasteiger partial charge in [0.15, 0.2) is 0 Å².